The molecule has 4 rings (SSSR count). The Balaban J connectivity index is 1.61. The summed E-state index contributed by atoms with van der Waals surface area (Å²) in [7, 11) is 1.63. The Bertz CT molecular complexity index is 963. The smallest absolute Gasteiger partial charge is 0.214 e. The van der Waals surface area contributed by atoms with Gasteiger partial charge in [0.15, 0.2) is 0 Å². The van der Waals surface area contributed by atoms with Crippen LogP contribution in [0.2, 0.25) is 0 Å². The van der Waals surface area contributed by atoms with Crippen LogP contribution >= 0.6 is 11.3 Å². The maximum atomic E-state index is 5.24. The first-order chi connectivity index (χ1) is 11.8. The Morgan fingerprint density at radius 3 is 2.88 bits per heavy atom. The van der Waals surface area contributed by atoms with E-state index in [0.29, 0.717) is 5.75 Å². The van der Waals surface area contributed by atoms with Gasteiger partial charge < -0.3 is 10.1 Å². The first kappa shape index (κ1) is 14.6. The molecule has 0 fully saturated rings. The second-order valence-corrected chi connectivity index (χ2v) is 6.15. The summed E-state index contributed by atoms with van der Waals surface area (Å²) in [5.41, 5.74) is 3.02. The number of aromatic nitrogens is 4. The highest BCUT2D eigenvalue weighted by Crippen LogP contribution is 2.27. The molecule has 3 heterocycles. The molecule has 6 nitrogen and oxygen atoms in total. The van der Waals surface area contributed by atoms with E-state index >= 15 is 0 Å². The van der Waals surface area contributed by atoms with Crippen LogP contribution in [0, 0.1) is 0 Å². The first-order valence-corrected chi connectivity index (χ1v) is 8.27. The van der Waals surface area contributed by atoms with Crippen LogP contribution in [0.15, 0.2) is 55.0 Å². The van der Waals surface area contributed by atoms with Crippen molar-refractivity contribution in [3.05, 3.63) is 60.6 Å². The van der Waals surface area contributed by atoms with Crippen LogP contribution in [0.3, 0.4) is 0 Å². The van der Waals surface area contributed by atoms with Crippen LogP contribution < -0.4 is 10.1 Å². The summed E-state index contributed by atoms with van der Waals surface area (Å²) >= 11 is 1.52. The molecule has 0 amide bonds. The molecule has 0 saturated heterocycles. The second-order valence-electron chi connectivity index (χ2n) is 5.20. The van der Waals surface area contributed by atoms with Crippen LogP contribution in [0.5, 0.6) is 5.75 Å². The van der Waals surface area contributed by atoms with E-state index in [0.717, 1.165) is 27.9 Å². The minimum absolute atomic E-state index is 0.708. The Hall–Kier alpha value is -2.93. The molecule has 0 saturated carbocycles. The number of ether oxygens (including phenoxy) is 1. The third kappa shape index (κ3) is 2.81. The van der Waals surface area contributed by atoms with Crippen LogP contribution in [-0.2, 0) is 6.54 Å². The highest BCUT2D eigenvalue weighted by Gasteiger charge is 2.12. The predicted octanol–water partition coefficient (Wildman–Crippen LogP) is 3.47. The predicted molar refractivity (Wildman–Crippen MR) is 94.4 cm³/mol. The Morgan fingerprint density at radius 1 is 1.17 bits per heavy atom. The van der Waals surface area contributed by atoms with Gasteiger partial charge in [0.1, 0.15) is 5.75 Å². The lowest BCUT2D eigenvalue weighted by Crippen LogP contribution is -1.99. The molecule has 0 bridgehead atoms. The topological polar surface area (TPSA) is 64.3 Å². The van der Waals surface area contributed by atoms with Crippen LogP contribution in [-0.4, -0.2) is 26.7 Å². The average Bonchev–Trinajstić information content (AvgIpc) is 3.21. The summed E-state index contributed by atoms with van der Waals surface area (Å²) in [6.07, 6.45) is 5.26. The van der Waals surface area contributed by atoms with Crippen molar-refractivity contribution < 1.29 is 4.74 Å². The number of benzene rings is 1. The summed E-state index contributed by atoms with van der Waals surface area (Å²) in [6, 6.07) is 12.2. The van der Waals surface area contributed by atoms with Gasteiger partial charge in [-0.1, -0.05) is 41.7 Å². The highest BCUT2D eigenvalue weighted by molar-refractivity contribution is 7.20. The zero-order chi connectivity index (χ0) is 16.4. The van der Waals surface area contributed by atoms with Crippen molar-refractivity contribution in [2.45, 2.75) is 6.54 Å². The number of pyridine rings is 1. The maximum Gasteiger partial charge on any atom is 0.214 e. The van der Waals surface area contributed by atoms with E-state index in [1.165, 1.54) is 16.9 Å². The van der Waals surface area contributed by atoms with Crippen LogP contribution in [0.4, 0.5) is 5.13 Å². The summed E-state index contributed by atoms with van der Waals surface area (Å²) < 4.78 is 7.06. The van der Waals surface area contributed by atoms with Gasteiger partial charge in [-0.15, -0.1) is 5.10 Å². The SMILES string of the molecule is COc1cncc(-c2cnc3sc(NCc4ccccc4)nn23)c1. The lowest BCUT2D eigenvalue weighted by atomic mass is 10.2. The first-order valence-electron chi connectivity index (χ1n) is 7.45. The molecule has 1 aromatic carbocycles. The van der Waals surface area contributed by atoms with E-state index in [1.54, 1.807) is 25.7 Å². The molecular formula is C17H15N5OS. The van der Waals surface area contributed by atoms with Gasteiger partial charge in [-0.3, -0.25) is 4.98 Å². The summed E-state index contributed by atoms with van der Waals surface area (Å²) in [4.78, 5) is 9.47. The van der Waals surface area contributed by atoms with Crippen molar-refractivity contribution in [2.24, 2.45) is 0 Å². The van der Waals surface area contributed by atoms with Gasteiger partial charge in [0.05, 0.1) is 25.2 Å². The molecule has 0 aliphatic heterocycles. The molecule has 4 aromatic rings. The third-order valence-electron chi connectivity index (χ3n) is 3.62. The van der Waals surface area contributed by atoms with Crippen molar-refractivity contribution in [2.75, 3.05) is 12.4 Å². The zero-order valence-electron chi connectivity index (χ0n) is 13.0. The second kappa shape index (κ2) is 6.29. The quantitative estimate of drug-likeness (QED) is 0.604. The number of hydrogen-bond donors (Lipinski definition) is 1. The van der Waals surface area contributed by atoms with E-state index < -0.39 is 0 Å². The summed E-state index contributed by atoms with van der Waals surface area (Å²) in [5, 5.41) is 8.79. The Labute approximate surface area is 142 Å². The van der Waals surface area contributed by atoms with Crippen molar-refractivity contribution in [1.29, 1.82) is 0 Å². The minimum atomic E-state index is 0.708. The number of fused-ring (bicyclic) bond motifs is 1. The molecule has 24 heavy (non-hydrogen) atoms. The Kier molecular flexibility index (Phi) is 3.84. The van der Waals surface area contributed by atoms with Gasteiger partial charge in [-0.2, -0.15) is 0 Å². The van der Waals surface area contributed by atoms with E-state index in [4.69, 9.17) is 4.74 Å². The lowest BCUT2D eigenvalue weighted by Gasteiger charge is -2.03. The summed E-state index contributed by atoms with van der Waals surface area (Å²) in [5.74, 6) is 0.708. The van der Waals surface area contributed by atoms with Gasteiger partial charge in [0.2, 0.25) is 10.1 Å². The third-order valence-corrected chi connectivity index (χ3v) is 4.50. The average molecular weight is 337 g/mol. The number of methoxy groups -OCH3 is 1. The maximum absolute atomic E-state index is 5.24. The number of imidazole rings is 1. The number of anilines is 1. The highest BCUT2D eigenvalue weighted by atomic mass is 32.1. The van der Waals surface area contributed by atoms with Crippen molar-refractivity contribution in [3.63, 3.8) is 0 Å². The van der Waals surface area contributed by atoms with Gasteiger partial charge in [-0.05, 0) is 11.6 Å². The van der Waals surface area contributed by atoms with Gasteiger partial charge in [-0.25, -0.2) is 9.50 Å². The molecule has 0 radical (unpaired) electrons. The van der Waals surface area contributed by atoms with Gasteiger partial charge in [0, 0.05) is 18.3 Å². The normalized spacial score (nSPS) is 10.9. The molecule has 0 aliphatic carbocycles. The zero-order valence-corrected chi connectivity index (χ0v) is 13.8. The van der Waals surface area contributed by atoms with Gasteiger partial charge in [0.25, 0.3) is 0 Å². The number of hydrogen-bond acceptors (Lipinski definition) is 6. The van der Waals surface area contributed by atoms with E-state index in [-0.39, 0.29) is 0 Å². The molecule has 0 aliphatic rings. The van der Waals surface area contributed by atoms with Crippen molar-refractivity contribution in [1.82, 2.24) is 19.6 Å². The fourth-order valence-corrected chi connectivity index (χ4v) is 3.18. The number of nitrogens with zero attached hydrogens (tertiary/aromatic N) is 4. The minimum Gasteiger partial charge on any atom is -0.495 e. The van der Waals surface area contributed by atoms with E-state index in [9.17, 15) is 0 Å². The fraction of sp³-hybridized carbons (Fsp3) is 0.118. The van der Waals surface area contributed by atoms with Crippen LogP contribution in [0.25, 0.3) is 16.2 Å². The van der Waals surface area contributed by atoms with Crippen LogP contribution in [0.1, 0.15) is 5.56 Å². The van der Waals surface area contributed by atoms with Crippen molar-refractivity contribution >= 4 is 21.4 Å². The van der Waals surface area contributed by atoms with E-state index in [2.05, 4.69) is 32.5 Å². The molecule has 7 heteroatoms. The molecule has 120 valence electrons. The molecule has 0 unspecified atom stereocenters. The largest absolute Gasteiger partial charge is 0.495 e. The molecule has 0 spiro atoms. The molecular weight excluding hydrogens is 322 g/mol. The van der Waals surface area contributed by atoms with Crippen molar-refractivity contribution in [3.8, 4) is 17.0 Å². The molecule has 1 N–H and O–H groups in total. The monoisotopic (exact) mass is 337 g/mol. The number of rotatable bonds is 5. The van der Waals surface area contributed by atoms with E-state index in [1.807, 2.05) is 28.8 Å². The lowest BCUT2D eigenvalue weighted by molar-refractivity contribution is 0.413. The standard InChI is InChI=1S/C17H15N5OS/c1-23-14-7-13(9-18-10-14)15-11-20-17-22(15)21-16(24-17)19-8-12-5-3-2-4-6-12/h2-7,9-11H,8H2,1H3,(H,19,21). The summed E-state index contributed by atoms with van der Waals surface area (Å²) in [6.45, 7) is 0.730. The fourth-order valence-electron chi connectivity index (χ4n) is 2.41. The number of nitrogens with one attached hydrogen (secondary N) is 1. The molecule has 0 atom stereocenters. The Morgan fingerprint density at radius 2 is 2.04 bits per heavy atom. The molecule has 3 aromatic heterocycles. The van der Waals surface area contributed by atoms with Gasteiger partial charge >= 0.3 is 0 Å².